The molecule has 20 heavy (non-hydrogen) atoms. The van der Waals surface area contributed by atoms with Crippen LogP contribution in [0.2, 0.25) is 0 Å². The van der Waals surface area contributed by atoms with Crippen LogP contribution in [0.3, 0.4) is 0 Å². The molecule has 0 bridgehead atoms. The molecule has 0 aliphatic carbocycles. The van der Waals surface area contributed by atoms with E-state index >= 15 is 0 Å². The maximum Gasteiger partial charge on any atom is 0 e. The summed E-state index contributed by atoms with van der Waals surface area (Å²) in [4.78, 5) is 0. The first kappa shape index (κ1) is 29.8. The molecule has 0 saturated carbocycles. The normalized spacial score (nSPS) is 10.1. The summed E-state index contributed by atoms with van der Waals surface area (Å²) >= 11 is 0. The van der Waals surface area contributed by atoms with E-state index < -0.39 is 10.4 Å². The van der Waals surface area contributed by atoms with E-state index in [1.165, 1.54) is 44.9 Å². The Morgan fingerprint density at radius 2 is 1.20 bits per heavy atom. The summed E-state index contributed by atoms with van der Waals surface area (Å²) in [5.74, 6) is 0. The van der Waals surface area contributed by atoms with Crippen molar-refractivity contribution in [3.05, 3.63) is 0 Å². The van der Waals surface area contributed by atoms with Gasteiger partial charge in [0.1, 0.15) is 0 Å². The van der Waals surface area contributed by atoms with Crippen molar-refractivity contribution < 1.29 is 50.4 Å². The first-order valence-electron chi connectivity index (χ1n) is 6.68. The van der Waals surface area contributed by atoms with E-state index in [1.807, 2.05) is 0 Å². The van der Waals surface area contributed by atoms with Crippen LogP contribution in [-0.2, 0) is 47.9 Å². The summed E-state index contributed by atoms with van der Waals surface area (Å²) in [5.41, 5.74) is 0. The van der Waals surface area contributed by atoms with Crippen LogP contribution in [0.4, 0.5) is 0 Å². The molecule has 0 unspecified atom stereocenters. The Kier molecular flexibility index (Phi) is 31.1. The van der Waals surface area contributed by atoms with Gasteiger partial charge in [-0.15, -0.1) is 0 Å². The fraction of sp³-hybridized carbons (Fsp3) is 1.00. The maximum absolute atomic E-state index is 10.2. The zero-order valence-corrected chi connectivity index (χ0v) is 14.4. The first-order valence-corrected chi connectivity index (χ1v) is 8.04. The van der Waals surface area contributed by atoms with Crippen molar-refractivity contribution in [2.75, 3.05) is 6.61 Å². The molecule has 0 atom stereocenters. The first-order chi connectivity index (χ1) is 8.06. The van der Waals surface area contributed by atoms with E-state index in [4.69, 9.17) is 4.55 Å². The van der Waals surface area contributed by atoms with Crippen LogP contribution in [0.25, 0.3) is 0 Å². The Labute approximate surface area is 166 Å². The van der Waals surface area contributed by atoms with Gasteiger partial charge < -0.3 is 0 Å². The minimum absolute atomic E-state index is 0. The molecule has 0 aliphatic rings. The maximum atomic E-state index is 10.2. The van der Waals surface area contributed by atoms with Crippen molar-refractivity contribution in [3.63, 3.8) is 0 Å². The zero-order chi connectivity index (χ0) is 13.0. The molecule has 0 saturated heterocycles. The van der Waals surface area contributed by atoms with Crippen LogP contribution in [-0.4, -0.2) is 49.1 Å². The van der Waals surface area contributed by atoms with Gasteiger partial charge in [0.05, 0.1) is 6.61 Å². The topological polar surface area (TPSA) is 63.6 Å². The number of rotatable bonds is 12. The molecule has 0 aliphatic heterocycles. The van der Waals surface area contributed by atoms with Crippen molar-refractivity contribution >= 4 is 40.0 Å². The van der Waals surface area contributed by atoms with Crippen molar-refractivity contribution in [3.8, 4) is 0 Å². The number of unbranched alkanes of at least 4 members (excludes halogenated alkanes) is 9. The summed E-state index contributed by atoms with van der Waals surface area (Å²) in [6.45, 7) is 2.31. The molecule has 0 rings (SSSR count). The van der Waals surface area contributed by atoms with E-state index in [-0.39, 0.29) is 69.4 Å². The van der Waals surface area contributed by atoms with Crippen molar-refractivity contribution in [2.24, 2.45) is 0 Å². The van der Waals surface area contributed by atoms with Crippen LogP contribution in [0.15, 0.2) is 0 Å². The van der Waals surface area contributed by atoms with Gasteiger partial charge in [0, 0.05) is 33.3 Å². The van der Waals surface area contributed by atoms with Gasteiger partial charge in [0.15, 0.2) is 0 Å². The van der Waals surface area contributed by atoms with Gasteiger partial charge in [0.25, 0.3) is 0 Å². The van der Waals surface area contributed by atoms with Gasteiger partial charge in [0.2, 0.25) is 0 Å². The van der Waals surface area contributed by atoms with Gasteiger partial charge in [-0.1, -0.05) is 64.7 Å². The Hall–Kier alpha value is 1.87. The van der Waals surface area contributed by atoms with Gasteiger partial charge in [-0.25, -0.2) is 4.18 Å². The fourth-order valence-corrected chi connectivity index (χ4v) is 2.08. The van der Waals surface area contributed by atoms with Crippen molar-refractivity contribution in [2.45, 2.75) is 71.1 Å². The molecule has 0 aromatic carbocycles. The second kappa shape index (κ2) is 20.9. The standard InChI is InChI=1S/C12H26O4S.Co.Na.Ni.H/c1-2-3-4-5-6-7-8-9-10-11-12-16-17(13,14)15;;;;/h2-12H2,1H3,(H,13,14,15);;;;. The van der Waals surface area contributed by atoms with Crippen LogP contribution in [0.1, 0.15) is 71.1 Å². The molecule has 0 fully saturated rings. The predicted octanol–water partition coefficient (Wildman–Crippen LogP) is 3.07. The SMILES string of the molecule is CCCCCCCCCCCCOS(=O)(=O)O.[Co].[NaH].[Ni]. The Morgan fingerprint density at radius 1 is 0.850 bits per heavy atom. The third kappa shape index (κ3) is 28.1. The number of hydrogen-bond donors (Lipinski definition) is 1. The largest absolute Gasteiger partial charge is 0 e. The monoisotopic (exact) mass is 407 g/mol. The molecule has 0 amide bonds. The fourth-order valence-electron chi connectivity index (χ4n) is 1.75. The molecule has 0 spiro atoms. The Morgan fingerprint density at radius 3 is 1.55 bits per heavy atom. The second-order valence-corrected chi connectivity index (χ2v) is 5.52. The van der Waals surface area contributed by atoms with Crippen LogP contribution >= 0.6 is 0 Å². The predicted molar refractivity (Wildman–Crippen MR) is 76.5 cm³/mol. The minimum Gasteiger partial charge on any atom is 0 e. The van der Waals surface area contributed by atoms with Crippen LogP contribution in [0.5, 0.6) is 0 Å². The summed E-state index contributed by atoms with van der Waals surface area (Å²) in [7, 11) is -4.23. The zero-order valence-electron chi connectivity index (χ0n) is 11.5. The van der Waals surface area contributed by atoms with Gasteiger partial charge in [-0.2, -0.15) is 8.42 Å². The third-order valence-corrected chi connectivity index (χ3v) is 3.19. The average molecular weight is 408 g/mol. The van der Waals surface area contributed by atoms with E-state index in [1.54, 1.807) is 0 Å². The molecule has 0 aromatic heterocycles. The van der Waals surface area contributed by atoms with Gasteiger partial charge in [-0.3, -0.25) is 4.55 Å². The molecule has 4 nitrogen and oxygen atoms in total. The van der Waals surface area contributed by atoms with Crippen molar-refractivity contribution in [1.29, 1.82) is 0 Å². The summed E-state index contributed by atoms with van der Waals surface area (Å²) in [6, 6.07) is 0. The summed E-state index contributed by atoms with van der Waals surface area (Å²) in [6.07, 6.45) is 11.9. The Balaban J connectivity index is -0.000000427. The third-order valence-electron chi connectivity index (χ3n) is 2.73. The molecule has 0 aromatic rings. The number of hydrogen-bond acceptors (Lipinski definition) is 3. The smallest absolute Gasteiger partial charge is 0 e. The van der Waals surface area contributed by atoms with Gasteiger partial charge in [-0.05, 0) is 6.42 Å². The second-order valence-electron chi connectivity index (χ2n) is 4.43. The molecular weight excluding hydrogens is 381 g/mol. The molecule has 0 heterocycles. The van der Waals surface area contributed by atoms with Crippen LogP contribution in [0, 0.1) is 0 Å². The quantitative estimate of drug-likeness (QED) is 0.307. The summed E-state index contributed by atoms with van der Waals surface area (Å²) in [5, 5.41) is 0. The molecule has 1 N–H and O–H groups in total. The van der Waals surface area contributed by atoms with E-state index in [0.29, 0.717) is 6.42 Å². The van der Waals surface area contributed by atoms with Gasteiger partial charge >= 0.3 is 40.0 Å². The van der Waals surface area contributed by atoms with Crippen LogP contribution < -0.4 is 0 Å². The Bertz CT molecular complexity index is 266. The molecule has 1 radical (unpaired) electrons. The van der Waals surface area contributed by atoms with E-state index in [9.17, 15) is 8.42 Å². The summed E-state index contributed by atoms with van der Waals surface area (Å²) < 4.78 is 33.0. The van der Waals surface area contributed by atoms with Crippen molar-refractivity contribution in [1.82, 2.24) is 0 Å². The average Bonchev–Trinajstić information content (AvgIpc) is 2.24. The van der Waals surface area contributed by atoms with E-state index in [0.717, 1.165) is 12.8 Å². The van der Waals surface area contributed by atoms with E-state index in [2.05, 4.69) is 11.1 Å². The molecule has 8 heteroatoms. The molecular formula is C12H27CoNaNiO4S. The molecule has 125 valence electrons. The minimum atomic E-state index is -4.23.